The van der Waals surface area contributed by atoms with E-state index in [2.05, 4.69) is 26.9 Å². The van der Waals surface area contributed by atoms with Gasteiger partial charge in [-0.1, -0.05) is 12.2 Å². The van der Waals surface area contributed by atoms with Crippen LogP contribution in [0.25, 0.3) is 0 Å². The molecule has 0 radical (unpaired) electrons. The van der Waals surface area contributed by atoms with Crippen LogP contribution in [-0.4, -0.2) is 29.4 Å². The molecule has 84 valence electrons. The Hall–Kier alpha value is -0.990. The van der Waals surface area contributed by atoms with Gasteiger partial charge in [0.15, 0.2) is 5.03 Å². The Kier molecular flexibility index (Phi) is 3.42. The van der Waals surface area contributed by atoms with E-state index < -0.39 is 16.1 Å². The number of imidazole rings is 1. The Bertz CT molecular complexity index is 465. The van der Waals surface area contributed by atoms with Gasteiger partial charge in [0.1, 0.15) is 5.82 Å². The maximum absolute atomic E-state index is 11.7. The second-order valence-corrected chi connectivity index (χ2v) is 5.23. The summed E-state index contributed by atoms with van der Waals surface area (Å²) in [6.45, 7) is 3.24. The molecular formula is C7H12N4O2S2. The first-order valence-electron chi connectivity index (χ1n) is 4.16. The van der Waals surface area contributed by atoms with Gasteiger partial charge in [0, 0.05) is 0 Å². The summed E-state index contributed by atoms with van der Waals surface area (Å²) in [6, 6.07) is -0.589. The molecule has 1 atom stereocenters. The van der Waals surface area contributed by atoms with Gasteiger partial charge in [-0.05, 0) is 13.8 Å². The number of thiocarbonyl (C=S) groups is 1. The molecular weight excluding hydrogens is 236 g/mol. The molecule has 1 heterocycles. The first-order valence-corrected chi connectivity index (χ1v) is 6.05. The molecule has 1 unspecified atom stereocenters. The van der Waals surface area contributed by atoms with Crippen LogP contribution < -0.4 is 10.5 Å². The number of sulfonamides is 1. The Morgan fingerprint density at radius 1 is 1.73 bits per heavy atom. The summed E-state index contributed by atoms with van der Waals surface area (Å²) in [5.74, 6) is 0.526. The summed E-state index contributed by atoms with van der Waals surface area (Å²) < 4.78 is 25.6. The number of nitrogens with one attached hydrogen (secondary N) is 2. The summed E-state index contributed by atoms with van der Waals surface area (Å²) in [5, 5.41) is 0.00287. The maximum Gasteiger partial charge on any atom is 0.258 e. The second-order valence-electron chi connectivity index (χ2n) is 3.08. The predicted octanol–water partition coefficient (Wildman–Crippen LogP) is -0.329. The third-order valence-electron chi connectivity index (χ3n) is 1.73. The molecule has 0 fully saturated rings. The van der Waals surface area contributed by atoms with Crippen LogP contribution in [0.1, 0.15) is 12.7 Å². The number of H-pyrrole nitrogens is 1. The van der Waals surface area contributed by atoms with E-state index in [4.69, 9.17) is 5.73 Å². The lowest BCUT2D eigenvalue weighted by Crippen LogP contribution is -2.41. The minimum Gasteiger partial charge on any atom is -0.392 e. The largest absolute Gasteiger partial charge is 0.392 e. The van der Waals surface area contributed by atoms with Crippen LogP contribution in [0.5, 0.6) is 0 Å². The second kappa shape index (κ2) is 4.25. The molecule has 0 aliphatic carbocycles. The summed E-state index contributed by atoms with van der Waals surface area (Å²) in [6.07, 6.45) is 1.24. The summed E-state index contributed by atoms with van der Waals surface area (Å²) in [5.41, 5.74) is 5.31. The van der Waals surface area contributed by atoms with Crippen molar-refractivity contribution in [1.29, 1.82) is 0 Å². The highest BCUT2D eigenvalue weighted by Crippen LogP contribution is 2.05. The molecule has 0 aliphatic rings. The number of nitrogens with zero attached hydrogens (tertiary/aromatic N) is 1. The molecule has 0 bridgehead atoms. The fourth-order valence-corrected chi connectivity index (χ4v) is 2.22. The number of rotatable bonds is 4. The van der Waals surface area contributed by atoms with Gasteiger partial charge in [0.05, 0.1) is 17.2 Å². The monoisotopic (exact) mass is 248 g/mol. The van der Waals surface area contributed by atoms with E-state index in [-0.39, 0.29) is 10.0 Å². The van der Waals surface area contributed by atoms with E-state index in [1.165, 1.54) is 6.20 Å². The molecule has 0 saturated heterocycles. The highest BCUT2D eigenvalue weighted by molar-refractivity contribution is 7.89. The maximum atomic E-state index is 11.7. The number of aromatic amines is 1. The third-order valence-corrected chi connectivity index (χ3v) is 3.53. The number of nitrogens with two attached hydrogens (primary N) is 1. The summed E-state index contributed by atoms with van der Waals surface area (Å²) >= 11 is 4.67. The molecule has 4 N–H and O–H groups in total. The van der Waals surface area contributed by atoms with Crippen molar-refractivity contribution in [1.82, 2.24) is 14.7 Å². The Labute approximate surface area is 93.3 Å². The van der Waals surface area contributed by atoms with Crippen LogP contribution in [-0.2, 0) is 10.0 Å². The molecule has 15 heavy (non-hydrogen) atoms. The zero-order valence-electron chi connectivity index (χ0n) is 8.31. The molecule has 1 rings (SSSR count). The zero-order valence-corrected chi connectivity index (χ0v) is 9.95. The van der Waals surface area contributed by atoms with Crippen molar-refractivity contribution < 1.29 is 8.42 Å². The highest BCUT2D eigenvalue weighted by Gasteiger charge is 2.20. The number of hydrogen-bond donors (Lipinski definition) is 3. The van der Waals surface area contributed by atoms with Crippen molar-refractivity contribution >= 4 is 27.2 Å². The molecule has 0 spiro atoms. The van der Waals surface area contributed by atoms with E-state index in [0.29, 0.717) is 5.82 Å². The van der Waals surface area contributed by atoms with E-state index in [9.17, 15) is 8.42 Å². The predicted molar refractivity (Wildman–Crippen MR) is 59.9 cm³/mol. The van der Waals surface area contributed by atoms with Gasteiger partial charge in [-0.3, -0.25) is 0 Å². The fraction of sp³-hybridized carbons (Fsp3) is 0.429. The normalized spacial score (nSPS) is 13.7. The van der Waals surface area contributed by atoms with Crippen molar-refractivity contribution in [3.63, 3.8) is 0 Å². The first kappa shape index (κ1) is 12.1. The lowest BCUT2D eigenvalue weighted by Gasteiger charge is -2.10. The number of aryl methyl sites for hydroxylation is 1. The van der Waals surface area contributed by atoms with E-state index in [1.807, 2.05) is 0 Å². The zero-order chi connectivity index (χ0) is 11.6. The fourth-order valence-electron chi connectivity index (χ4n) is 0.889. The van der Waals surface area contributed by atoms with Gasteiger partial charge in [-0.15, -0.1) is 0 Å². The summed E-state index contributed by atoms with van der Waals surface area (Å²) in [4.78, 5) is 6.50. The van der Waals surface area contributed by atoms with Crippen LogP contribution >= 0.6 is 12.2 Å². The minimum atomic E-state index is -3.62. The molecule has 6 nitrogen and oxygen atoms in total. The molecule has 0 saturated carbocycles. The van der Waals surface area contributed by atoms with Crippen molar-refractivity contribution in [2.45, 2.75) is 24.9 Å². The Balaban J connectivity index is 2.90. The molecule has 0 amide bonds. The van der Waals surface area contributed by atoms with Gasteiger partial charge < -0.3 is 10.7 Å². The van der Waals surface area contributed by atoms with Crippen LogP contribution in [0.4, 0.5) is 0 Å². The van der Waals surface area contributed by atoms with Gasteiger partial charge in [-0.25, -0.2) is 18.1 Å². The topological polar surface area (TPSA) is 101 Å². The smallest absolute Gasteiger partial charge is 0.258 e. The van der Waals surface area contributed by atoms with Gasteiger partial charge in [0.25, 0.3) is 10.0 Å². The van der Waals surface area contributed by atoms with Crippen LogP contribution in [0.3, 0.4) is 0 Å². The molecule has 1 aromatic heterocycles. The van der Waals surface area contributed by atoms with Gasteiger partial charge in [0.2, 0.25) is 0 Å². The minimum absolute atomic E-state index is 0.00287. The van der Waals surface area contributed by atoms with Crippen molar-refractivity contribution in [2.75, 3.05) is 0 Å². The number of aromatic nitrogens is 2. The number of hydrogen-bond acceptors (Lipinski definition) is 4. The van der Waals surface area contributed by atoms with E-state index >= 15 is 0 Å². The average Bonchev–Trinajstić information content (AvgIpc) is 2.51. The van der Waals surface area contributed by atoms with Crippen molar-refractivity contribution in [3.8, 4) is 0 Å². The molecule has 0 aromatic carbocycles. The van der Waals surface area contributed by atoms with Crippen molar-refractivity contribution in [2.24, 2.45) is 5.73 Å². The highest BCUT2D eigenvalue weighted by atomic mass is 32.2. The molecule has 1 aromatic rings. The lowest BCUT2D eigenvalue weighted by molar-refractivity contribution is 0.575. The van der Waals surface area contributed by atoms with Gasteiger partial charge >= 0.3 is 0 Å². The van der Waals surface area contributed by atoms with Crippen molar-refractivity contribution in [3.05, 3.63) is 12.0 Å². The quantitative estimate of drug-likeness (QED) is 0.633. The van der Waals surface area contributed by atoms with E-state index in [1.54, 1.807) is 13.8 Å². The Morgan fingerprint density at radius 2 is 2.33 bits per heavy atom. The standard InChI is InChI=1S/C7H12N4O2S2/c1-4(7(8)14)11-15(12,13)6-3-9-5(2)10-6/h3-4,11H,1-2H3,(H2,8,14)(H,9,10). The SMILES string of the molecule is Cc1ncc(S(=O)(=O)NC(C)C(N)=S)[nH]1. The van der Waals surface area contributed by atoms with E-state index in [0.717, 1.165) is 0 Å². The Morgan fingerprint density at radius 3 is 2.73 bits per heavy atom. The van der Waals surface area contributed by atoms with Crippen LogP contribution in [0.15, 0.2) is 11.2 Å². The summed E-state index contributed by atoms with van der Waals surface area (Å²) in [7, 11) is -3.62. The van der Waals surface area contributed by atoms with Crippen LogP contribution in [0, 0.1) is 6.92 Å². The average molecular weight is 248 g/mol. The first-order chi connectivity index (χ1) is 6.83. The lowest BCUT2D eigenvalue weighted by atomic mass is 10.4. The van der Waals surface area contributed by atoms with Crippen LogP contribution in [0.2, 0.25) is 0 Å². The van der Waals surface area contributed by atoms with Gasteiger partial charge in [-0.2, -0.15) is 0 Å². The third kappa shape index (κ3) is 2.98. The molecule has 8 heteroatoms. The molecule has 0 aliphatic heterocycles.